The van der Waals surface area contributed by atoms with Crippen LogP contribution in [-0.2, 0) is 9.59 Å². The minimum absolute atomic E-state index is 0.0409. The Labute approximate surface area is 180 Å². The number of aliphatic hydroxyl groups is 1. The lowest BCUT2D eigenvalue weighted by atomic mass is 9.91. The number of carbonyl (C=O) groups is 2. The summed E-state index contributed by atoms with van der Waals surface area (Å²) in [4.78, 5) is 32.1. The number of benzene rings is 1. The minimum Gasteiger partial charge on any atom is -0.507 e. The van der Waals surface area contributed by atoms with Gasteiger partial charge in [0.05, 0.1) is 24.3 Å². The lowest BCUT2D eigenvalue weighted by molar-refractivity contribution is -0.141. The number of amides is 1. The van der Waals surface area contributed by atoms with Gasteiger partial charge in [-0.3, -0.25) is 14.6 Å². The smallest absolute Gasteiger partial charge is 0.295 e. The number of hydrogen-bond acceptors (Lipinski definition) is 5. The number of Topliss-reactive ketones (excluding diaryl/α,β-unsaturated/α-hetero) is 1. The van der Waals surface area contributed by atoms with E-state index in [1.165, 1.54) is 13.2 Å². The highest BCUT2D eigenvalue weighted by Gasteiger charge is 2.49. The molecule has 1 aliphatic carbocycles. The lowest BCUT2D eigenvalue weighted by Gasteiger charge is -2.35. The zero-order valence-electron chi connectivity index (χ0n) is 16.7. The molecule has 1 aliphatic heterocycles. The van der Waals surface area contributed by atoms with Crippen LogP contribution >= 0.6 is 11.6 Å². The highest BCUT2D eigenvalue weighted by Crippen LogP contribution is 2.44. The Hall–Kier alpha value is -2.86. The molecule has 1 unspecified atom stereocenters. The third kappa shape index (κ3) is 3.56. The van der Waals surface area contributed by atoms with E-state index < -0.39 is 17.7 Å². The van der Waals surface area contributed by atoms with Crippen LogP contribution in [-0.4, -0.2) is 39.8 Å². The van der Waals surface area contributed by atoms with Crippen molar-refractivity contribution in [3.05, 3.63) is 64.4 Å². The van der Waals surface area contributed by atoms with Gasteiger partial charge in [0.2, 0.25) is 0 Å². The largest absolute Gasteiger partial charge is 0.507 e. The Morgan fingerprint density at radius 2 is 1.97 bits per heavy atom. The van der Waals surface area contributed by atoms with Crippen LogP contribution < -0.4 is 4.74 Å². The molecule has 1 saturated heterocycles. The molecule has 2 heterocycles. The van der Waals surface area contributed by atoms with Gasteiger partial charge in [-0.1, -0.05) is 36.9 Å². The van der Waals surface area contributed by atoms with Gasteiger partial charge in [-0.25, -0.2) is 0 Å². The average Bonchev–Trinajstić information content (AvgIpc) is 3.05. The monoisotopic (exact) mass is 426 g/mol. The molecule has 7 heteroatoms. The van der Waals surface area contributed by atoms with Gasteiger partial charge in [0.1, 0.15) is 11.5 Å². The number of aromatic nitrogens is 1. The average molecular weight is 427 g/mol. The van der Waals surface area contributed by atoms with E-state index in [0.29, 0.717) is 16.3 Å². The third-order valence-electron chi connectivity index (χ3n) is 5.86. The molecule has 1 atom stereocenters. The van der Waals surface area contributed by atoms with E-state index in [9.17, 15) is 14.7 Å². The fourth-order valence-electron chi connectivity index (χ4n) is 4.46. The van der Waals surface area contributed by atoms with E-state index in [4.69, 9.17) is 16.3 Å². The summed E-state index contributed by atoms with van der Waals surface area (Å²) < 4.78 is 5.35. The summed E-state index contributed by atoms with van der Waals surface area (Å²) >= 11 is 6.13. The summed E-state index contributed by atoms with van der Waals surface area (Å²) in [5.41, 5.74) is 1.00. The second-order valence-electron chi connectivity index (χ2n) is 7.63. The van der Waals surface area contributed by atoms with E-state index in [-0.39, 0.29) is 22.9 Å². The molecule has 2 fully saturated rings. The Morgan fingerprint density at radius 3 is 2.63 bits per heavy atom. The number of nitrogens with zero attached hydrogens (tertiary/aromatic N) is 2. The van der Waals surface area contributed by atoms with Gasteiger partial charge >= 0.3 is 0 Å². The SMILES string of the molecule is COc1ccc(Cl)cc1/C(O)=C1\C(=O)C(=O)N(C2CCCCC2)C1c1cccnc1. The van der Waals surface area contributed by atoms with Crippen LogP contribution in [0.15, 0.2) is 48.3 Å². The molecule has 0 radical (unpaired) electrons. The van der Waals surface area contributed by atoms with Crippen LogP contribution in [0.2, 0.25) is 5.02 Å². The van der Waals surface area contributed by atoms with Crippen LogP contribution in [0.4, 0.5) is 0 Å². The number of hydrogen-bond donors (Lipinski definition) is 1. The molecule has 1 aromatic heterocycles. The summed E-state index contributed by atoms with van der Waals surface area (Å²) in [5, 5.41) is 11.6. The quantitative estimate of drug-likeness (QED) is 0.442. The molecule has 0 spiro atoms. The van der Waals surface area contributed by atoms with Crippen molar-refractivity contribution < 1.29 is 19.4 Å². The Morgan fingerprint density at radius 1 is 1.20 bits per heavy atom. The Bertz CT molecular complexity index is 1000. The molecule has 6 nitrogen and oxygen atoms in total. The predicted molar refractivity (Wildman–Crippen MR) is 113 cm³/mol. The maximum absolute atomic E-state index is 13.1. The second kappa shape index (κ2) is 8.48. The first-order valence-electron chi connectivity index (χ1n) is 10.1. The van der Waals surface area contributed by atoms with Gasteiger partial charge in [0.15, 0.2) is 0 Å². The van der Waals surface area contributed by atoms with Crippen molar-refractivity contribution in [2.75, 3.05) is 7.11 Å². The fourth-order valence-corrected chi connectivity index (χ4v) is 4.63. The predicted octanol–water partition coefficient (Wildman–Crippen LogP) is 4.50. The molecule has 1 saturated carbocycles. The van der Waals surface area contributed by atoms with Crippen molar-refractivity contribution in [1.29, 1.82) is 0 Å². The molecule has 4 rings (SSSR count). The summed E-state index contributed by atoms with van der Waals surface area (Å²) in [7, 11) is 1.47. The van der Waals surface area contributed by atoms with Crippen molar-refractivity contribution in [2.24, 2.45) is 0 Å². The topological polar surface area (TPSA) is 79.7 Å². The number of methoxy groups -OCH3 is 1. The highest BCUT2D eigenvalue weighted by molar-refractivity contribution is 6.46. The molecule has 2 aromatic rings. The van der Waals surface area contributed by atoms with Crippen molar-refractivity contribution in [1.82, 2.24) is 9.88 Å². The number of carbonyl (C=O) groups excluding carboxylic acids is 2. The maximum Gasteiger partial charge on any atom is 0.295 e. The van der Waals surface area contributed by atoms with Crippen molar-refractivity contribution in [3.63, 3.8) is 0 Å². The molecular weight excluding hydrogens is 404 g/mol. The van der Waals surface area contributed by atoms with E-state index in [1.54, 1.807) is 35.5 Å². The third-order valence-corrected chi connectivity index (χ3v) is 6.10. The van der Waals surface area contributed by atoms with Crippen molar-refractivity contribution >= 4 is 29.1 Å². The van der Waals surface area contributed by atoms with Crippen molar-refractivity contribution in [3.8, 4) is 5.75 Å². The van der Waals surface area contributed by atoms with Gasteiger partial charge in [-0.2, -0.15) is 0 Å². The van der Waals surface area contributed by atoms with Gasteiger partial charge in [-0.15, -0.1) is 0 Å². The molecular formula is C23H23ClN2O4. The normalized spacial score (nSPS) is 21.8. The molecule has 30 heavy (non-hydrogen) atoms. The zero-order valence-corrected chi connectivity index (χ0v) is 17.4. The number of likely N-dealkylation sites (tertiary alicyclic amines) is 1. The van der Waals surface area contributed by atoms with Gasteiger partial charge < -0.3 is 14.7 Å². The van der Waals surface area contributed by atoms with Crippen LogP contribution in [0.1, 0.15) is 49.3 Å². The summed E-state index contributed by atoms with van der Waals surface area (Å²) in [5.74, 6) is -1.21. The maximum atomic E-state index is 13.1. The van der Waals surface area contributed by atoms with Gasteiger partial charge in [-0.05, 0) is 42.7 Å². The lowest BCUT2D eigenvalue weighted by Crippen LogP contribution is -2.40. The van der Waals surface area contributed by atoms with Crippen LogP contribution in [0.25, 0.3) is 5.76 Å². The number of ether oxygens (including phenoxy) is 1. The van der Waals surface area contributed by atoms with Gasteiger partial charge in [0, 0.05) is 23.5 Å². The minimum atomic E-state index is -0.703. The highest BCUT2D eigenvalue weighted by atomic mass is 35.5. The number of halogens is 1. The first kappa shape index (κ1) is 20.4. The molecule has 1 N–H and O–H groups in total. The van der Waals surface area contributed by atoms with E-state index in [0.717, 1.165) is 32.1 Å². The van der Waals surface area contributed by atoms with E-state index in [2.05, 4.69) is 4.98 Å². The first-order chi connectivity index (χ1) is 14.5. The summed E-state index contributed by atoms with van der Waals surface area (Å²) in [6.07, 6.45) is 8.09. The standard InChI is InChI=1S/C23H23ClN2O4/c1-30-18-10-9-15(24)12-17(18)21(27)19-20(14-6-5-11-25-13-14)26(23(29)22(19)28)16-7-3-2-4-8-16/h5-6,9-13,16,20,27H,2-4,7-8H2,1H3/b21-19+. The number of rotatable bonds is 4. The summed E-state index contributed by atoms with van der Waals surface area (Å²) in [6.45, 7) is 0. The molecule has 0 bridgehead atoms. The van der Waals surface area contributed by atoms with Crippen LogP contribution in [0.5, 0.6) is 5.75 Å². The van der Waals surface area contributed by atoms with E-state index in [1.807, 2.05) is 6.07 Å². The fraction of sp³-hybridized carbons (Fsp3) is 0.348. The number of aliphatic hydroxyl groups excluding tert-OH is 1. The summed E-state index contributed by atoms with van der Waals surface area (Å²) in [6, 6.07) is 7.61. The number of pyridine rings is 1. The first-order valence-corrected chi connectivity index (χ1v) is 10.4. The molecule has 156 valence electrons. The molecule has 1 amide bonds. The number of ketones is 1. The second-order valence-corrected chi connectivity index (χ2v) is 8.07. The van der Waals surface area contributed by atoms with Crippen LogP contribution in [0, 0.1) is 0 Å². The van der Waals surface area contributed by atoms with Crippen molar-refractivity contribution in [2.45, 2.75) is 44.2 Å². The molecule has 1 aromatic carbocycles. The Balaban J connectivity index is 1.91. The van der Waals surface area contributed by atoms with Gasteiger partial charge in [0.25, 0.3) is 11.7 Å². The Kier molecular flexibility index (Phi) is 5.77. The van der Waals surface area contributed by atoms with Crippen LogP contribution in [0.3, 0.4) is 0 Å². The van der Waals surface area contributed by atoms with E-state index >= 15 is 0 Å². The molecule has 2 aliphatic rings. The zero-order chi connectivity index (χ0) is 21.3.